The second-order valence-corrected chi connectivity index (χ2v) is 11.0. The summed E-state index contributed by atoms with van der Waals surface area (Å²) in [5.41, 5.74) is 2.10. The van der Waals surface area contributed by atoms with Crippen LogP contribution in [0, 0.1) is 12.8 Å². The molecule has 0 bridgehead atoms. The Morgan fingerprint density at radius 2 is 1.67 bits per heavy atom. The lowest BCUT2D eigenvalue weighted by atomic mass is 10.1. The van der Waals surface area contributed by atoms with Crippen molar-refractivity contribution in [3.05, 3.63) is 53.6 Å². The smallest absolute Gasteiger partial charge is 0.244 e. The van der Waals surface area contributed by atoms with Gasteiger partial charge < -0.3 is 19.7 Å². The Hall–Kier alpha value is -3.27. The van der Waals surface area contributed by atoms with Gasteiger partial charge in [0.05, 0.1) is 26.2 Å². The fraction of sp³-hybridized carbons (Fsp3) is 0.462. The SMILES string of the molecule is COc1ccc(N(CC(=O)N(Cc2cccc(C)c2)C(C)C(=O)NCC(C)C)S(C)(=O)=O)cc1OC. The maximum atomic E-state index is 13.6. The van der Waals surface area contributed by atoms with E-state index in [1.54, 1.807) is 19.1 Å². The second-order valence-electron chi connectivity index (χ2n) is 9.13. The minimum absolute atomic E-state index is 0.153. The van der Waals surface area contributed by atoms with E-state index in [2.05, 4.69) is 5.32 Å². The molecule has 1 unspecified atom stereocenters. The number of hydrogen-bond acceptors (Lipinski definition) is 6. The molecule has 1 atom stereocenters. The number of benzene rings is 2. The van der Waals surface area contributed by atoms with Gasteiger partial charge in [-0.1, -0.05) is 43.7 Å². The lowest BCUT2D eigenvalue weighted by Crippen LogP contribution is -2.51. The molecule has 2 aromatic rings. The average molecular weight is 520 g/mol. The van der Waals surface area contributed by atoms with Crippen LogP contribution in [0.5, 0.6) is 11.5 Å². The molecular weight excluding hydrogens is 482 g/mol. The summed E-state index contributed by atoms with van der Waals surface area (Å²) in [6, 6.07) is 11.4. The maximum absolute atomic E-state index is 13.6. The van der Waals surface area contributed by atoms with E-state index in [9.17, 15) is 18.0 Å². The molecule has 0 heterocycles. The molecule has 0 radical (unpaired) electrons. The summed E-state index contributed by atoms with van der Waals surface area (Å²) in [5, 5.41) is 2.86. The van der Waals surface area contributed by atoms with E-state index >= 15 is 0 Å². The van der Waals surface area contributed by atoms with Crippen LogP contribution in [-0.4, -0.2) is 64.7 Å². The molecular formula is C26H37N3O6S. The molecule has 0 aliphatic rings. The largest absolute Gasteiger partial charge is 0.493 e. The highest BCUT2D eigenvalue weighted by Gasteiger charge is 2.30. The summed E-state index contributed by atoms with van der Waals surface area (Å²) < 4.78 is 37.0. The molecule has 0 aliphatic carbocycles. The molecule has 9 nitrogen and oxygen atoms in total. The van der Waals surface area contributed by atoms with Gasteiger partial charge in [-0.3, -0.25) is 13.9 Å². The van der Waals surface area contributed by atoms with E-state index in [1.165, 1.54) is 25.2 Å². The maximum Gasteiger partial charge on any atom is 0.244 e. The predicted molar refractivity (Wildman–Crippen MR) is 141 cm³/mol. The van der Waals surface area contributed by atoms with Crippen LogP contribution in [0.1, 0.15) is 31.9 Å². The predicted octanol–water partition coefficient (Wildman–Crippen LogP) is 2.97. The van der Waals surface area contributed by atoms with Crippen LogP contribution in [0.15, 0.2) is 42.5 Å². The lowest BCUT2D eigenvalue weighted by molar-refractivity contribution is -0.139. The van der Waals surface area contributed by atoms with E-state index in [0.717, 1.165) is 21.7 Å². The fourth-order valence-electron chi connectivity index (χ4n) is 3.64. The van der Waals surface area contributed by atoms with Gasteiger partial charge >= 0.3 is 0 Å². The highest BCUT2D eigenvalue weighted by atomic mass is 32.2. The van der Waals surface area contributed by atoms with E-state index < -0.39 is 28.5 Å². The molecule has 0 spiro atoms. The Balaban J connectivity index is 2.42. The highest BCUT2D eigenvalue weighted by Crippen LogP contribution is 2.32. The molecule has 2 aromatic carbocycles. The van der Waals surface area contributed by atoms with Crippen LogP contribution < -0.4 is 19.1 Å². The van der Waals surface area contributed by atoms with Gasteiger partial charge in [-0.2, -0.15) is 0 Å². The first-order valence-electron chi connectivity index (χ1n) is 11.7. The van der Waals surface area contributed by atoms with Gasteiger partial charge in [0.2, 0.25) is 21.8 Å². The molecule has 1 N–H and O–H groups in total. The Bertz CT molecular complexity index is 1170. The molecule has 36 heavy (non-hydrogen) atoms. The summed E-state index contributed by atoms with van der Waals surface area (Å²) in [7, 11) is -0.930. The van der Waals surface area contributed by atoms with Crippen molar-refractivity contribution in [2.24, 2.45) is 5.92 Å². The third-order valence-corrected chi connectivity index (χ3v) is 6.76. The van der Waals surface area contributed by atoms with Crippen molar-refractivity contribution >= 4 is 27.5 Å². The number of rotatable bonds is 12. The summed E-state index contributed by atoms with van der Waals surface area (Å²) in [6.45, 7) is 7.68. The number of nitrogens with one attached hydrogen (secondary N) is 1. The van der Waals surface area contributed by atoms with Gasteiger partial charge in [0.15, 0.2) is 11.5 Å². The van der Waals surface area contributed by atoms with Crippen LogP contribution in [0.25, 0.3) is 0 Å². The van der Waals surface area contributed by atoms with Gasteiger partial charge in [0.1, 0.15) is 12.6 Å². The minimum atomic E-state index is -3.85. The number of hydrogen-bond donors (Lipinski definition) is 1. The quantitative estimate of drug-likeness (QED) is 0.462. The zero-order chi connectivity index (χ0) is 27.0. The first-order chi connectivity index (χ1) is 16.9. The first kappa shape index (κ1) is 29.0. The van der Waals surface area contributed by atoms with Crippen molar-refractivity contribution in [3.8, 4) is 11.5 Å². The third-order valence-electron chi connectivity index (χ3n) is 5.62. The van der Waals surface area contributed by atoms with Crippen molar-refractivity contribution in [3.63, 3.8) is 0 Å². The van der Waals surface area contributed by atoms with Crippen molar-refractivity contribution in [2.45, 2.75) is 40.3 Å². The number of methoxy groups -OCH3 is 2. The highest BCUT2D eigenvalue weighted by molar-refractivity contribution is 7.92. The van der Waals surface area contributed by atoms with Gasteiger partial charge in [0.25, 0.3) is 0 Å². The molecule has 2 amide bonds. The van der Waals surface area contributed by atoms with Gasteiger partial charge in [0, 0.05) is 19.2 Å². The minimum Gasteiger partial charge on any atom is -0.493 e. The lowest BCUT2D eigenvalue weighted by Gasteiger charge is -2.31. The zero-order valence-corrected chi connectivity index (χ0v) is 22.9. The van der Waals surface area contributed by atoms with E-state index in [1.807, 2.05) is 45.0 Å². The monoisotopic (exact) mass is 519 g/mol. The van der Waals surface area contributed by atoms with Crippen molar-refractivity contribution < 1.29 is 27.5 Å². The van der Waals surface area contributed by atoms with Crippen molar-refractivity contribution in [1.82, 2.24) is 10.2 Å². The number of aryl methyl sites for hydroxylation is 1. The van der Waals surface area contributed by atoms with Crippen LogP contribution >= 0.6 is 0 Å². The van der Waals surface area contributed by atoms with E-state index in [4.69, 9.17) is 9.47 Å². The Morgan fingerprint density at radius 3 is 2.22 bits per heavy atom. The zero-order valence-electron chi connectivity index (χ0n) is 22.1. The van der Waals surface area contributed by atoms with Crippen LogP contribution in [0.3, 0.4) is 0 Å². The molecule has 2 rings (SSSR count). The van der Waals surface area contributed by atoms with Gasteiger partial charge in [-0.05, 0) is 37.5 Å². The summed E-state index contributed by atoms with van der Waals surface area (Å²) in [6.07, 6.45) is 1.03. The van der Waals surface area contributed by atoms with Gasteiger partial charge in [-0.15, -0.1) is 0 Å². The Morgan fingerprint density at radius 1 is 1.00 bits per heavy atom. The van der Waals surface area contributed by atoms with E-state index in [0.29, 0.717) is 18.0 Å². The molecule has 0 saturated heterocycles. The van der Waals surface area contributed by atoms with Crippen LogP contribution in [0.2, 0.25) is 0 Å². The summed E-state index contributed by atoms with van der Waals surface area (Å²) in [4.78, 5) is 27.9. The standard InChI is InChI=1S/C26H37N3O6S/c1-18(2)15-27-26(31)20(4)28(16-21-10-8-9-19(3)13-21)25(30)17-29(36(7,32)33)22-11-12-23(34-5)24(14-22)35-6/h8-14,18,20H,15-17H2,1-7H3,(H,27,31). The molecule has 0 fully saturated rings. The molecule has 0 aliphatic heterocycles. The van der Waals surface area contributed by atoms with Crippen molar-refractivity contribution in [1.29, 1.82) is 0 Å². The number of anilines is 1. The number of ether oxygens (including phenoxy) is 2. The summed E-state index contributed by atoms with van der Waals surface area (Å²) >= 11 is 0. The summed E-state index contributed by atoms with van der Waals surface area (Å²) in [5.74, 6) is 0.185. The topological polar surface area (TPSA) is 105 Å². The molecule has 198 valence electrons. The molecule has 10 heteroatoms. The molecule has 0 aromatic heterocycles. The number of sulfonamides is 1. The third kappa shape index (κ3) is 7.87. The molecule has 0 saturated carbocycles. The Labute approximate surface area is 214 Å². The van der Waals surface area contributed by atoms with Gasteiger partial charge in [-0.25, -0.2) is 8.42 Å². The Kier molecular flexibility index (Phi) is 10.2. The number of carbonyl (C=O) groups excluding carboxylic acids is 2. The number of amides is 2. The first-order valence-corrected chi connectivity index (χ1v) is 13.5. The van der Waals surface area contributed by atoms with Crippen molar-refractivity contribution in [2.75, 3.05) is 37.9 Å². The number of nitrogens with zero attached hydrogens (tertiary/aromatic N) is 2. The number of carbonyl (C=O) groups is 2. The van der Waals surface area contributed by atoms with Crippen LogP contribution in [0.4, 0.5) is 5.69 Å². The average Bonchev–Trinajstić information content (AvgIpc) is 2.82. The van der Waals surface area contributed by atoms with E-state index in [-0.39, 0.29) is 24.1 Å². The second kappa shape index (κ2) is 12.6. The van der Waals surface area contributed by atoms with Crippen LogP contribution in [-0.2, 0) is 26.2 Å². The fourth-order valence-corrected chi connectivity index (χ4v) is 4.48. The normalized spacial score (nSPS) is 12.1.